The van der Waals surface area contributed by atoms with Crippen molar-refractivity contribution >= 4 is 5.96 Å². The van der Waals surface area contributed by atoms with Crippen molar-refractivity contribution in [3.8, 4) is 0 Å². The molecule has 0 saturated heterocycles. The topological polar surface area (TPSA) is 67.1 Å². The third-order valence-electron chi connectivity index (χ3n) is 5.13. The molecule has 6 nitrogen and oxygen atoms in total. The number of rotatable bonds is 6. The summed E-state index contributed by atoms with van der Waals surface area (Å²) in [5.41, 5.74) is 2.63. The summed E-state index contributed by atoms with van der Waals surface area (Å²) in [6.07, 6.45) is 4.72. The second kappa shape index (κ2) is 9.53. The molecule has 0 aliphatic carbocycles. The molecular weight excluding hydrogens is 336 g/mol. The zero-order valence-electron chi connectivity index (χ0n) is 16.8. The van der Waals surface area contributed by atoms with E-state index in [4.69, 9.17) is 4.99 Å². The molecule has 27 heavy (non-hydrogen) atoms. The van der Waals surface area contributed by atoms with Gasteiger partial charge < -0.3 is 15.2 Å². The van der Waals surface area contributed by atoms with Crippen molar-refractivity contribution in [2.24, 2.45) is 4.99 Å². The Kier molecular flexibility index (Phi) is 6.85. The van der Waals surface area contributed by atoms with E-state index in [-0.39, 0.29) is 0 Å². The molecule has 2 aromatic rings. The Balaban J connectivity index is 1.61. The summed E-state index contributed by atoms with van der Waals surface area (Å²) in [6.45, 7) is 9.69. The lowest BCUT2D eigenvalue weighted by molar-refractivity contribution is 0.605. The minimum Gasteiger partial charge on any atom is -0.357 e. The molecule has 1 atom stereocenters. The predicted molar refractivity (Wildman–Crippen MR) is 110 cm³/mol. The maximum atomic E-state index is 4.75. The second-order valence-electron chi connectivity index (χ2n) is 7.38. The molecule has 2 heterocycles. The third-order valence-corrected chi connectivity index (χ3v) is 5.13. The predicted octanol–water partition coefficient (Wildman–Crippen LogP) is 3.17. The van der Waals surface area contributed by atoms with Crippen molar-refractivity contribution in [2.75, 3.05) is 13.1 Å². The normalized spacial score (nSPS) is 15.7. The highest BCUT2D eigenvalue weighted by atomic mass is 15.3. The molecule has 0 bridgehead atoms. The van der Waals surface area contributed by atoms with Gasteiger partial charge in [-0.05, 0) is 38.2 Å². The molecule has 2 N–H and O–H groups in total. The zero-order chi connectivity index (χ0) is 19.1. The lowest BCUT2D eigenvalue weighted by Gasteiger charge is -2.16. The Morgan fingerprint density at radius 1 is 1.15 bits per heavy atom. The van der Waals surface area contributed by atoms with Crippen LogP contribution < -0.4 is 10.6 Å². The third kappa shape index (κ3) is 5.31. The maximum Gasteiger partial charge on any atom is 0.191 e. The lowest BCUT2D eigenvalue weighted by Crippen LogP contribution is -2.39. The smallest absolute Gasteiger partial charge is 0.191 e. The fourth-order valence-electron chi connectivity index (χ4n) is 3.42. The molecule has 1 aromatic carbocycles. The van der Waals surface area contributed by atoms with Crippen LogP contribution in [0, 0.1) is 6.92 Å². The molecule has 146 valence electrons. The average molecular weight is 369 g/mol. The molecule has 1 aliphatic rings. The highest BCUT2D eigenvalue weighted by Crippen LogP contribution is 2.16. The van der Waals surface area contributed by atoms with Gasteiger partial charge in [-0.2, -0.15) is 0 Å². The second-order valence-corrected chi connectivity index (χ2v) is 7.38. The van der Waals surface area contributed by atoms with Crippen molar-refractivity contribution in [1.82, 2.24) is 25.4 Å². The van der Waals surface area contributed by atoms with Gasteiger partial charge in [-0.15, -0.1) is 10.2 Å². The van der Waals surface area contributed by atoms with Crippen LogP contribution in [0.25, 0.3) is 0 Å². The van der Waals surface area contributed by atoms with E-state index in [2.05, 4.69) is 70.4 Å². The van der Waals surface area contributed by atoms with Crippen LogP contribution in [0.2, 0.25) is 0 Å². The Labute approximate surface area is 162 Å². The fraction of sp³-hybridized carbons (Fsp3) is 0.571. The standard InChI is InChI=1S/C21H32N6/c1-4-22-21(23-14-17(3)18-11-9-16(2)10-12-18)24-15-20-26-25-19-8-6-5-7-13-27(19)20/h9-12,17H,4-8,13-15H2,1-3H3,(H2,22,23,24). The van der Waals surface area contributed by atoms with Crippen LogP contribution in [0.15, 0.2) is 29.3 Å². The van der Waals surface area contributed by atoms with Crippen molar-refractivity contribution in [3.05, 3.63) is 47.0 Å². The van der Waals surface area contributed by atoms with Crippen LogP contribution in [0.5, 0.6) is 0 Å². The van der Waals surface area contributed by atoms with E-state index in [1.807, 2.05) is 0 Å². The highest BCUT2D eigenvalue weighted by molar-refractivity contribution is 5.79. The Hall–Kier alpha value is -2.37. The van der Waals surface area contributed by atoms with Gasteiger partial charge in [0.15, 0.2) is 11.8 Å². The Bertz CT molecular complexity index is 747. The summed E-state index contributed by atoms with van der Waals surface area (Å²) in [4.78, 5) is 4.75. The molecule has 1 aliphatic heterocycles. The number of hydrogen-bond acceptors (Lipinski definition) is 3. The first-order valence-electron chi connectivity index (χ1n) is 10.2. The SMILES string of the molecule is CCNC(=NCc1nnc2n1CCCCC2)NCC(C)c1ccc(C)cc1. The molecule has 0 radical (unpaired) electrons. The van der Waals surface area contributed by atoms with Crippen molar-refractivity contribution in [2.45, 2.75) is 65.5 Å². The van der Waals surface area contributed by atoms with Gasteiger partial charge in [0, 0.05) is 26.1 Å². The summed E-state index contributed by atoms with van der Waals surface area (Å²) in [7, 11) is 0. The summed E-state index contributed by atoms with van der Waals surface area (Å²) < 4.78 is 2.26. The Morgan fingerprint density at radius 2 is 1.96 bits per heavy atom. The molecule has 1 aromatic heterocycles. The Morgan fingerprint density at radius 3 is 2.74 bits per heavy atom. The number of aryl methyl sites for hydroxylation is 2. The minimum absolute atomic E-state index is 0.416. The van der Waals surface area contributed by atoms with Gasteiger partial charge in [-0.3, -0.25) is 0 Å². The van der Waals surface area contributed by atoms with Crippen LogP contribution in [0.4, 0.5) is 0 Å². The number of hydrogen-bond donors (Lipinski definition) is 2. The van der Waals surface area contributed by atoms with Crippen LogP contribution >= 0.6 is 0 Å². The monoisotopic (exact) mass is 368 g/mol. The van der Waals surface area contributed by atoms with Crippen LogP contribution in [-0.2, 0) is 19.5 Å². The number of benzene rings is 1. The summed E-state index contributed by atoms with van der Waals surface area (Å²) >= 11 is 0. The van der Waals surface area contributed by atoms with Gasteiger partial charge >= 0.3 is 0 Å². The van der Waals surface area contributed by atoms with E-state index in [0.717, 1.165) is 43.7 Å². The van der Waals surface area contributed by atoms with Gasteiger partial charge in [0.25, 0.3) is 0 Å². The van der Waals surface area contributed by atoms with Gasteiger partial charge in [0.05, 0.1) is 0 Å². The number of nitrogens with zero attached hydrogens (tertiary/aromatic N) is 4. The molecule has 0 fully saturated rings. The molecule has 0 saturated carbocycles. The van der Waals surface area contributed by atoms with Gasteiger partial charge in [0.2, 0.25) is 0 Å². The van der Waals surface area contributed by atoms with E-state index >= 15 is 0 Å². The molecule has 3 rings (SSSR count). The lowest BCUT2D eigenvalue weighted by atomic mass is 10.0. The maximum absolute atomic E-state index is 4.75. The first kappa shape index (κ1) is 19.4. The van der Waals surface area contributed by atoms with Gasteiger partial charge in [-0.1, -0.05) is 43.2 Å². The van der Waals surface area contributed by atoms with Crippen LogP contribution in [-0.4, -0.2) is 33.8 Å². The molecule has 0 amide bonds. The summed E-state index contributed by atoms with van der Waals surface area (Å²) in [6, 6.07) is 8.75. The number of fused-ring (bicyclic) bond motifs is 1. The summed E-state index contributed by atoms with van der Waals surface area (Å²) in [5, 5.41) is 15.5. The average Bonchev–Trinajstić information content (AvgIpc) is 2.90. The largest absolute Gasteiger partial charge is 0.357 e. The van der Waals surface area contributed by atoms with E-state index in [1.54, 1.807) is 0 Å². The molecule has 6 heteroatoms. The van der Waals surface area contributed by atoms with Gasteiger partial charge in [-0.25, -0.2) is 4.99 Å². The molecule has 1 unspecified atom stereocenters. The van der Waals surface area contributed by atoms with Crippen LogP contribution in [0.1, 0.15) is 61.8 Å². The summed E-state index contributed by atoms with van der Waals surface area (Å²) in [5.74, 6) is 3.33. The van der Waals surface area contributed by atoms with Crippen molar-refractivity contribution < 1.29 is 0 Å². The van der Waals surface area contributed by atoms with E-state index in [0.29, 0.717) is 12.5 Å². The van der Waals surface area contributed by atoms with Crippen molar-refractivity contribution in [3.63, 3.8) is 0 Å². The van der Waals surface area contributed by atoms with Gasteiger partial charge in [0.1, 0.15) is 12.4 Å². The molecular formula is C21H32N6. The fourth-order valence-corrected chi connectivity index (χ4v) is 3.42. The minimum atomic E-state index is 0.416. The zero-order valence-corrected chi connectivity index (χ0v) is 16.8. The molecule has 0 spiro atoms. The highest BCUT2D eigenvalue weighted by Gasteiger charge is 2.14. The number of guanidine groups is 1. The first-order valence-corrected chi connectivity index (χ1v) is 10.2. The number of aromatic nitrogens is 3. The quantitative estimate of drug-likeness (QED) is 0.607. The number of aliphatic imine (C=N–C) groups is 1. The number of nitrogens with one attached hydrogen (secondary N) is 2. The van der Waals surface area contributed by atoms with E-state index < -0.39 is 0 Å². The first-order chi connectivity index (χ1) is 13.2. The van der Waals surface area contributed by atoms with Crippen molar-refractivity contribution in [1.29, 1.82) is 0 Å². The van der Waals surface area contributed by atoms with Crippen LogP contribution in [0.3, 0.4) is 0 Å². The van der Waals surface area contributed by atoms with E-state index in [1.165, 1.54) is 30.4 Å². The van der Waals surface area contributed by atoms with E-state index in [9.17, 15) is 0 Å².